The van der Waals surface area contributed by atoms with Crippen molar-refractivity contribution < 1.29 is 9.13 Å². The lowest BCUT2D eigenvalue weighted by atomic mass is 10.2. The van der Waals surface area contributed by atoms with Crippen LogP contribution < -0.4 is 0 Å². The van der Waals surface area contributed by atoms with Gasteiger partial charge in [0.2, 0.25) is 0 Å². The Morgan fingerprint density at radius 2 is 2.06 bits per heavy atom. The van der Waals surface area contributed by atoms with Crippen molar-refractivity contribution in [2.24, 2.45) is 0 Å². The van der Waals surface area contributed by atoms with Gasteiger partial charge in [-0.2, -0.15) is 0 Å². The minimum absolute atomic E-state index is 0.197. The zero-order valence-corrected chi connectivity index (χ0v) is 11.2. The fourth-order valence-electron chi connectivity index (χ4n) is 1.47. The molecule has 16 heavy (non-hydrogen) atoms. The molecule has 1 aromatic rings. The lowest BCUT2D eigenvalue weighted by Crippen LogP contribution is -1.98. The predicted octanol–water partition coefficient (Wildman–Crippen LogP) is 4.69. The molecule has 0 atom stereocenters. The van der Waals surface area contributed by atoms with Crippen molar-refractivity contribution >= 4 is 15.9 Å². The first kappa shape index (κ1) is 13.7. The molecular weight excluding hydrogens is 271 g/mol. The van der Waals surface area contributed by atoms with Gasteiger partial charge in [0.05, 0.1) is 6.61 Å². The monoisotopic (exact) mass is 288 g/mol. The molecule has 1 aromatic carbocycles. The maximum absolute atomic E-state index is 13.3. The number of hydrogen-bond acceptors (Lipinski definition) is 1. The average Bonchev–Trinajstić information content (AvgIpc) is 2.28. The van der Waals surface area contributed by atoms with Crippen LogP contribution in [0.1, 0.15) is 38.2 Å². The van der Waals surface area contributed by atoms with E-state index in [4.69, 9.17) is 4.74 Å². The number of rotatable bonds is 7. The van der Waals surface area contributed by atoms with Crippen LogP contribution in [0, 0.1) is 5.82 Å². The second-order valence-electron chi connectivity index (χ2n) is 3.85. The van der Waals surface area contributed by atoms with Gasteiger partial charge in [-0.15, -0.1) is 0 Å². The van der Waals surface area contributed by atoms with Crippen LogP contribution in [0.4, 0.5) is 4.39 Å². The van der Waals surface area contributed by atoms with Gasteiger partial charge in [0.15, 0.2) is 0 Å². The summed E-state index contributed by atoms with van der Waals surface area (Å²) in [4.78, 5) is 0. The van der Waals surface area contributed by atoms with Crippen molar-refractivity contribution in [1.29, 1.82) is 0 Å². The summed E-state index contributed by atoms with van der Waals surface area (Å²) in [6.45, 7) is 3.25. The molecule has 0 saturated carbocycles. The molecule has 0 aliphatic heterocycles. The zero-order valence-electron chi connectivity index (χ0n) is 9.64. The summed E-state index contributed by atoms with van der Waals surface area (Å²) in [5, 5.41) is 0. The molecule has 0 N–H and O–H groups in total. The molecule has 0 spiro atoms. The Labute approximate surface area is 105 Å². The van der Waals surface area contributed by atoms with Crippen LogP contribution in [0.25, 0.3) is 0 Å². The minimum Gasteiger partial charge on any atom is -0.377 e. The van der Waals surface area contributed by atoms with Gasteiger partial charge in [-0.05, 0) is 24.6 Å². The second kappa shape index (κ2) is 7.80. The summed E-state index contributed by atoms with van der Waals surface area (Å²) in [5.41, 5.74) is 0.616. The Hall–Kier alpha value is -0.410. The number of halogens is 2. The first-order valence-corrected chi connectivity index (χ1v) is 6.55. The van der Waals surface area contributed by atoms with E-state index in [1.807, 2.05) is 0 Å². The molecule has 3 heteroatoms. The minimum atomic E-state index is -0.197. The van der Waals surface area contributed by atoms with E-state index in [2.05, 4.69) is 22.9 Å². The van der Waals surface area contributed by atoms with Crippen LogP contribution in [-0.2, 0) is 11.3 Å². The summed E-state index contributed by atoms with van der Waals surface area (Å²) < 4.78 is 19.6. The van der Waals surface area contributed by atoms with Gasteiger partial charge < -0.3 is 4.74 Å². The lowest BCUT2D eigenvalue weighted by Gasteiger charge is -2.05. The average molecular weight is 289 g/mol. The van der Waals surface area contributed by atoms with E-state index in [9.17, 15) is 4.39 Å². The molecule has 0 aromatic heterocycles. The molecular formula is C13H18BrFO. The van der Waals surface area contributed by atoms with Crippen molar-refractivity contribution in [1.82, 2.24) is 0 Å². The summed E-state index contributed by atoms with van der Waals surface area (Å²) in [6.07, 6.45) is 4.72. The SMILES string of the molecule is CCCCCCOCc1cc(Br)ccc1F. The van der Waals surface area contributed by atoms with E-state index < -0.39 is 0 Å². The highest BCUT2D eigenvalue weighted by Crippen LogP contribution is 2.16. The van der Waals surface area contributed by atoms with Crippen molar-refractivity contribution in [3.8, 4) is 0 Å². The Kier molecular flexibility index (Phi) is 6.65. The third-order valence-electron chi connectivity index (χ3n) is 2.41. The standard InChI is InChI=1S/C13H18BrFO/c1-2-3-4-5-8-16-10-11-9-12(14)6-7-13(11)15/h6-7,9H,2-5,8,10H2,1H3. The number of unbranched alkanes of at least 4 members (excludes halogenated alkanes) is 3. The second-order valence-corrected chi connectivity index (χ2v) is 4.76. The van der Waals surface area contributed by atoms with E-state index in [0.29, 0.717) is 18.8 Å². The summed E-state index contributed by atoms with van der Waals surface area (Å²) >= 11 is 3.32. The maximum Gasteiger partial charge on any atom is 0.128 e. The smallest absolute Gasteiger partial charge is 0.128 e. The van der Waals surface area contributed by atoms with E-state index in [1.54, 1.807) is 12.1 Å². The third-order valence-corrected chi connectivity index (χ3v) is 2.90. The zero-order chi connectivity index (χ0) is 11.8. The molecule has 0 aliphatic carbocycles. The number of ether oxygens (including phenoxy) is 1. The van der Waals surface area contributed by atoms with Crippen molar-refractivity contribution in [3.05, 3.63) is 34.1 Å². The fraction of sp³-hybridized carbons (Fsp3) is 0.538. The van der Waals surface area contributed by atoms with Gasteiger partial charge in [0, 0.05) is 16.6 Å². The van der Waals surface area contributed by atoms with E-state index in [-0.39, 0.29) is 5.82 Å². The van der Waals surface area contributed by atoms with Crippen molar-refractivity contribution in [2.45, 2.75) is 39.2 Å². The molecule has 0 unspecified atom stereocenters. The highest BCUT2D eigenvalue weighted by molar-refractivity contribution is 9.10. The molecule has 0 amide bonds. The predicted molar refractivity (Wildman–Crippen MR) is 67.9 cm³/mol. The normalized spacial score (nSPS) is 10.7. The molecule has 1 rings (SSSR count). The Balaban J connectivity index is 2.23. The summed E-state index contributed by atoms with van der Waals surface area (Å²) in [5.74, 6) is -0.197. The molecule has 0 heterocycles. The first-order valence-electron chi connectivity index (χ1n) is 5.75. The van der Waals surface area contributed by atoms with Gasteiger partial charge in [-0.3, -0.25) is 0 Å². The Morgan fingerprint density at radius 1 is 1.25 bits per heavy atom. The lowest BCUT2D eigenvalue weighted by molar-refractivity contribution is 0.114. The molecule has 0 radical (unpaired) electrons. The fourth-order valence-corrected chi connectivity index (χ4v) is 1.88. The highest BCUT2D eigenvalue weighted by atomic mass is 79.9. The van der Waals surface area contributed by atoms with Crippen LogP contribution in [0.15, 0.2) is 22.7 Å². The van der Waals surface area contributed by atoms with Crippen LogP contribution >= 0.6 is 15.9 Å². The van der Waals surface area contributed by atoms with Crippen LogP contribution in [-0.4, -0.2) is 6.61 Å². The van der Waals surface area contributed by atoms with Crippen LogP contribution in [0.5, 0.6) is 0 Å². The molecule has 0 fully saturated rings. The van der Waals surface area contributed by atoms with Gasteiger partial charge >= 0.3 is 0 Å². The topological polar surface area (TPSA) is 9.23 Å². The maximum atomic E-state index is 13.3. The number of hydrogen-bond donors (Lipinski definition) is 0. The summed E-state index contributed by atoms with van der Waals surface area (Å²) in [7, 11) is 0. The molecule has 0 bridgehead atoms. The molecule has 0 saturated heterocycles. The van der Waals surface area contributed by atoms with Crippen LogP contribution in [0.2, 0.25) is 0 Å². The van der Waals surface area contributed by atoms with E-state index in [1.165, 1.54) is 25.3 Å². The van der Waals surface area contributed by atoms with Crippen molar-refractivity contribution in [3.63, 3.8) is 0 Å². The Bertz CT molecular complexity index is 315. The van der Waals surface area contributed by atoms with Gasteiger partial charge in [0.1, 0.15) is 5.82 Å². The Morgan fingerprint density at radius 3 is 2.81 bits per heavy atom. The van der Waals surface area contributed by atoms with E-state index >= 15 is 0 Å². The first-order chi connectivity index (χ1) is 7.74. The van der Waals surface area contributed by atoms with Crippen LogP contribution in [0.3, 0.4) is 0 Å². The third kappa shape index (κ3) is 5.08. The molecule has 90 valence electrons. The van der Waals surface area contributed by atoms with Gasteiger partial charge in [0.25, 0.3) is 0 Å². The summed E-state index contributed by atoms with van der Waals surface area (Å²) in [6, 6.07) is 4.92. The van der Waals surface area contributed by atoms with Crippen molar-refractivity contribution in [2.75, 3.05) is 6.61 Å². The number of benzene rings is 1. The van der Waals surface area contributed by atoms with Gasteiger partial charge in [-0.25, -0.2) is 4.39 Å². The molecule has 0 aliphatic rings. The van der Waals surface area contributed by atoms with Gasteiger partial charge in [-0.1, -0.05) is 42.1 Å². The quantitative estimate of drug-likeness (QED) is 0.662. The van der Waals surface area contributed by atoms with E-state index in [0.717, 1.165) is 10.9 Å². The largest absolute Gasteiger partial charge is 0.377 e. The highest BCUT2D eigenvalue weighted by Gasteiger charge is 2.02. The molecule has 1 nitrogen and oxygen atoms in total.